The van der Waals surface area contributed by atoms with Gasteiger partial charge in [-0.25, -0.2) is 4.57 Å². The fourth-order valence-corrected chi connectivity index (χ4v) is 1.09. The van der Waals surface area contributed by atoms with Gasteiger partial charge in [-0.2, -0.15) is 0 Å². The van der Waals surface area contributed by atoms with Crippen molar-refractivity contribution in [2.75, 3.05) is 6.61 Å². The Labute approximate surface area is 85.4 Å². The summed E-state index contributed by atoms with van der Waals surface area (Å²) >= 11 is 0. The summed E-state index contributed by atoms with van der Waals surface area (Å²) in [6, 6.07) is 0. The van der Waals surface area contributed by atoms with E-state index in [1.165, 1.54) is 0 Å². The number of phosphoric acid groups is 1. The number of hydrogen-bond acceptors (Lipinski definition) is 6. The minimum Gasteiger partial charge on any atom is -0.390 e. The summed E-state index contributed by atoms with van der Waals surface area (Å²) in [6.07, 6.45) is -4.80. The van der Waals surface area contributed by atoms with Gasteiger partial charge < -0.3 is 29.9 Å². The van der Waals surface area contributed by atoms with Crippen molar-refractivity contribution >= 4 is 14.1 Å². The molecule has 3 atom stereocenters. The highest BCUT2D eigenvalue weighted by atomic mass is 31.2. The molecule has 0 heterocycles. The van der Waals surface area contributed by atoms with Crippen LogP contribution in [0.25, 0.3) is 0 Å². The van der Waals surface area contributed by atoms with Crippen molar-refractivity contribution < 1.29 is 39.0 Å². The lowest BCUT2D eigenvalue weighted by Crippen LogP contribution is -2.33. The van der Waals surface area contributed by atoms with Gasteiger partial charge in [0.05, 0.1) is 12.7 Å². The normalized spacial score (nSPS) is 18.2. The van der Waals surface area contributed by atoms with Gasteiger partial charge >= 0.3 is 7.82 Å². The van der Waals surface area contributed by atoms with Crippen LogP contribution in [0.2, 0.25) is 0 Å². The van der Waals surface area contributed by atoms with Crippen LogP contribution in [-0.4, -0.2) is 56.3 Å². The first-order chi connectivity index (χ1) is 6.76. The van der Waals surface area contributed by atoms with Crippen LogP contribution in [-0.2, 0) is 13.9 Å². The summed E-state index contributed by atoms with van der Waals surface area (Å²) in [6.45, 7) is -0.795. The molecule has 0 bridgehead atoms. The summed E-state index contributed by atoms with van der Waals surface area (Å²) in [5.74, 6) is 0. The van der Waals surface area contributed by atoms with E-state index in [1.807, 2.05) is 0 Å². The minimum absolute atomic E-state index is 0.166. The Balaban J connectivity index is 3.94. The quantitative estimate of drug-likeness (QED) is 0.250. The number of carbonyl (C=O) groups is 1. The zero-order valence-electron chi connectivity index (χ0n) is 7.63. The average molecular weight is 244 g/mol. The van der Waals surface area contributed by atoms with Gasteiger partial charge in [0.1, 0.15) is 18.5 Å². The molecule has 0 aromatic rings. The van der Waals surface area contributed by atoms with E-state index in [-0.39, 0.29) is 6.29 Å². The lowest BCUT2D eigenvalue weighted by Gasteiger charge is -2.18. The number of phosphoric ester groups is 1. The molecule has 0 aliphatic heterocycles. The first-order valence-electron chi connectivity index (χ1n) is 3.96. The number of aliphatic hydroxyl groups is 3. The van der Waals surface area contributed by atoms with Crippen LogP contribution < -0.4 is 0 Å². The maximum absolute atomic E-state index is 10.2. The third kappa shape index (κ3) is 7.57. The molecule has 0 aromatic heterocycles. The van der Waals surface area contributed by atoms with Gasteiger partial charge in [-0.15, -0.1) is 0 Å². The predicted molar refractivity (Wildman–Crippen MR) is 46.7 cm³/mol. The van der Waals surface area contributed by atoms with Gasteiger partial charge in [0, 0.05) is 6.42 Å². The third-order valence-electron chi connectivity index (χ3n) is 1.50. The standard InChI is InChI=1S/C6H13O8P/c7-2-4(8)1-5(9)6(10)3-14-15(11,12)13/h2,4-6,8-10H,1,3H2,(H2,11,12,13). The van der Waals surface area contributed by atoms with Gasteiger partial charge in [-0.1, -0.05) is 0 Å². The first-order valence-corrected chi connectivity index (χ1v) is 5.49. The highest BCUT2D eigenvalue weighted by Crippen LogP contribution is 2.35. The number of carbonyl (C=O) groups excluding carboxylic acids is 1. The zero-order valence-corrected chi connectivity index (χ0v) is 8.53. The third-order valence-corrected chi connectivity index (χ3v) is 1.98. The van der Waals surface area contributed by atoms with Crippen LogP contribution >= 0.6 is 7.82 Å². The molecule has 9 heteroatoms. The summed E-state index contributed by atoms with van der Waals surface area (Å²) < 4.78 is 14.1. The molecule has 90 valence electrons. The lowest BCUT2D eigenvalue weighted by atomic mass is 10.1. The molecular formula is C6H13O8P. The van der Waals surface area contributed by atoms with Gasteiger partial charge in [-0.3, -0.25) is 4.52 Å². The number of aldehydes is 1. The molecule has 0 aromatic carbocycles. The predicted octanol–water partition coefficient (Wildman–Crippen LogP) is -2.23. The first kappa shape index (κ1) is 14.7. The molecule has 0 amide bonds. The molecule has 0 rings (SSSR count). The Morgan fingerprint density at radius 1 is 1.20 bits per heavy atom. The van der Waals surface area contributed by atoms with Crippen molar-refractivity contribution in [3.8, 4) is 0 Å². The molecule has 0 spiro atoms. The van der Waals surface area contributed by atoms with Crippen LogP contribution in [0.15, 0.2) is 0 Å². The van der Waals surface area contributed by atoms with Crippen LogP contribution in [0.1, 0.15) is 6.42 Å². The van der Waals surface area contributed by atoms with Crippen molar-refractivity contribution in [2.45, 2.75) is 24.7 Å². The van der Waals surface area contributed by atoms with E-state index < -0.39 is 39.2 Å². The molecule has 0 saturated heterocycles. The minimum atomic E-state index is -4.70. The summed E-state index contributed by atoms with van der Waals surface area (Å²) in [4.78, 5) is 26.5. The van der Waals surface area contributed by atoms with E-state index >= 15 is 0 Å². The molecule has 3 unspecified atom stereocenters. The zero-order chi connectivity index (χ0) is 12.1. The molecule has 0 aliphatic rings. The van der Waals surface area contributed by atoms with Gasteiger partial charge in [-0.05, 0) is 0 Å². The maximum atomic E-state index is 10.2. The molecule has 15 heavy (non-hydrogen) atoms. The van der Waals surface area contributed by atoms with E-state index in [2.05, 4.69) is 4.52 Å². The lowest BCUT2D eigenvalue weighted by molar-refractivity contribution is -0.117. The van der Waals surface area contributed by atoms with E-state index in [9.17, 15) is 9.36 Å². The van der Waals surface area contributed by atoms with Crippen LogP contribution in [0, 0.1) is 0 Å². The second-order valence-electron chi connectivity index (χ2n) is 2.86. The van der Waals surface area contributed by atoms with E-state index in [0.717, 1.165) is 0 Å². The van der Waals surface area contributed by atoms with Crippen LogP contribution in [0.5, 0.6) is 0 Å². The van der Waals surface area contributed by atoms with E-state index in [1.54, 1.807) is 0 Å². The Morgan fingerprint density at radius 2 is 1.73 bits per heavy atom. The number of rotatable bonds is 7. The van der Waals surface area contributed by atoms with Crippen molar-refractivity contribution in [2.24, 2.45) is 0 Å². The number of aliphatic hydroxyl groups excluding tert-OH is 3. The van der Waals surface area contributed by atoms with Gasteiger partial charge in [0.15, 0.2) is 0 Å². The maximum Gasteiger partial charge on any atom is 0.469 e. The fraction of sp³-hybridized carbons (Fsp3) is 0.833. The highest BCUT2D eigenvalue weighted by molar-refractivity contribution is 7.46. The molecule has 0 aliphatic carbocycles. The molecule has 8 nitrogen and oxygen atoms in total. The second-order valence-corrected chi connectivity index (χ2v) is 4.10. The highest BCUT2D eigenvalue weighted by Gasteiger charge is 2.23. The van der Waals surface area contributed by atoms with Crippen molar-refractivity contribution in [3.05, 3.63) is 0 Å². The van der Waals surface area contributed by atoms with Gasteiger partial charge in [0.25, 0.3) is 0 Å². The summed E-state index contributed by atoms with van der Waals surface area (Å²) in [5.41, 5.74) is 0. The average Bonchev–Trinajstić information content (AvgIpc) is 2.12. The Morgan fingerprint density at radius 3 is 2.13 bits per heavy atom. The molecule has 0 saturated carbocycles. The Kier molecular flexibility index (Phi) is 6.15. The van der Waals surface area contributed by atoms with Crippen molar-refractivity contribution in [3.63, 3.8) is 0 Å². The van der Waals surface area contributed by atoms with Gasteiger partial charge in [0.2, 0.25) is 0 Å². The molecule has 0 fully saturated rings. The molecular weight excluding hydrogens is 231 g/mol. The number of hydrogen-bond donors (Lipinski definition) is 5. The van der Waals surface area contributed by atoms with E-state index in [4.69, 9.17) is 25.1 Å². The SMILES string of the molecule is O=CC(O)CC(O)C(O)COP(=O)(O)O. The van der Waals surface area contributed by atoms with Crippen molar-refractivity contribution in [1.82, 2.24) is 0 Å². The summed E-state index contributed by atoms with van der Waals surface area (Å²) in [7, 11) is -4.70. The largest absolute Gasteiger partial charge is 0.469 e. The van der Waals surface area contributed by atoms with Crippen molar-refractivity contribution in [1.29, 1.82) is 0 Å². The monoisotopic (exact) mass is 244 g/mol. The smallest absolute Gasteiger partial charge is 0.390 e. The van der Waals surface area contributed by atoms with Crippen LogP contribution in [0.4, 0.5) is 0 Å². The van der Waals surface area contributed by atoms with Crippen LogP contribution in [0.3, 0.4) is 0 Å². The summed E-state index contributed by atoms with van der Waals surface area (Å²) in [5, 5.41) is 27.0. The second kappa shape index (κ2) is 6.29. The Bertz CT molecular complexity index is 237. The molecule has 5 N–H and O–H groups in total. The molecule has 0 radical (unpaired) electrons. The fourth-order valence-electron chi connectivity index (χ4n) is 0.745. The Hall–Kier alpha value is -0.340. The van der Waals surface area contributed by atoms with E-state index in [0.29, 0.717) is 0 Å². The topological polar surface area (TPSA) is 145 Å².